The molecule has 0 aliphatic carbocycles. The summed E-state index contributed by atoms with van der Waals surface area (Å²) in [5.74, 6) is -1.28. The van der Waals surface area contributed by atoms with E-state index in [0.29, 0.717) is 5.69 Å². The molecule has 1 unspecified atom stereocenters. The van der Waals surface area contributed by atoms with Crippen molar-refractivity contribution in [2.75, 3.05) is 0 Å². The number of carbonyl (C=O) groups is 2. The van der Waals surface area contributed by atoms with Crippen LogP contribution in [-0.2, 0) is 9.59 Å². The van der Waals surface area contributed by atoms with Crippen molar-refractivity contribution in [1.82, 2.24) is 15.3 Å². The molecule has 1 aromatic rings. The highest BCUT2D eigenvalue weighted by atomic mass is 16.4. The fourth-order valence-corrected chi connectivity index (χ4v) is 1.16. The van der Waals surface area contributed by atoms with Gasteiger partial charge in [-0.1, -0.05) is 0 Å². The topological polar surface area (TPSA) is 92.2 Å². The van der Waals surface area contributed by atoms with Crippen LogP contribution in [0.4, 0.5) is 0 Å². The van der Waals surface area contributed by atoms with E-state index in [1.165, 1.54) is 19.4 Å². The van der Waals surface area contributed by atoms with Crippen LogP contribution in [0, 0.1) is 0 Å². The maximum Gasteiger partial charge on any atom is 0.305 e. The predicted molar refractivity (Wildman–Crippen MR) is 50.8 cm³/mol. The molecule has 15 heavy (non-hydrogen) atoms. The fourth-order valence-electron chi connectivity index (χ4n) is 1.16. The minimum atomic E-state index is -0.993. The Bertz CT molecular complexity index is 337. The summed E-state index contributed by atoms with van der Waals surface area (Å²) in [4.78, 5) is 29.0. The van der Waals surface area contributed by atoms with E-state index in [1.54, 1.807) is 6.07 Å². The van der Waals surface area contributed by atoms with E-state index in [0.717, 1.165) is 0 Å². The third-order valence-electron chi connectivity index (χ3n) is 1.72. The van der Waals surface area contributed by atoms with Crippen LogP contribution in [-0.4, -0.2) is 27.0 Å². The first-order valence-electron chi connectivity index (χ1n) is 4.34. The predicted octanol–water partition coefficient (Wildman–Crippen LogP) is 0.128. The van der Waals surface area contributed by atoms with Gasteiger partial charge in [-0.3, -0.25) is 9.59 Å². The molecule has 6 heteroatoms. The van der Waals surface area contributed by atoms with Crippen LogP contribution in [0.2, 0.25) is 0 Å². The lowest BCUT2D eigenvalue weighted by atomic mass is 10.1. The van der Waals surface area contributed by atoms with Gasteiger partial charge in [-0.25, -0.2) is 9.97 Å². The number of aliphatic carboxylic acids is 1. The summed E-state index contributed by atoms with van der Waals surface area (Å²) in [5.41, 5.74) is 0.489. The van der Waals surface area contributed by atoms with E-state index in [4.69, 9.17) is 5.11 Å². The largest absolute Gasteiger partial charge is 0.481 e. The molecule has 0 spiro atoms. The van der Waals surface area contributed by atoms with Gasteiger partial charge in [0.1, 0.15) is 6.33 Å². The third-order valence-corrected chi connectivity index (χ3v) is 1.72. The second kappa shape index (κ2) is 5.04. The van der Waals surface area contributed by atoms with Crippen LogP contribution >= 0.6 is 0 Å². The normalized spacial score (nSPS) is 11.8. The van der Waals surface area contributed by atoms with Gasteiger partial charge in [0.2, 0.25) is 5.91 Å². The first-order valence-corrected chi connectivity index (χ1v) is 4.34. The van der Waals surface area contributed by atoms with Crippen LogP contribution in [0.25, 0.3) is 0 Å². The number of carboxylic acids is 1. The SMILES string of the molecule is CC(=O)NC(CC(=O)O)c1ccncn1. The van der Waals surface area contributed by atoms with Crippen molar-refractivity contribution in [2.24, 2.45) is 0 Å². The second-order valence-electron chi connectivity index (χ2n) is 2.99. The molecule has 1 amide bonds. The van der Waals surface area contributed by atoms with E-state index in [9.17, 15) is 9.59 Å². The first-order chi connectivity index (χ1) is 7.09. The molecule has 1 rings (SSSR count). The zero-order chi connectivity index (χ0) is 11.3. The number of nitrogens with zero attached hydrogens (tertiary/aromatic N) is 2. The summed E-state index contributed by atoms with van der Waals surface area (Å²) < 4.78 is 0. The highest BCUT2D eigenvalue weighted by Crippen LogP contribution is 2.12. The number of rotatable bonds is 4. The maximum absolute atomic E-state index is 10.9. The molecular formula is C9H11N3O3. The van der Waals surface area contributed by atoms with Crippen LogP contribution in [0.15, 0.2) is 18.6 Å². The average molecular weight is 209 g/mol. The molecule has 0 bridgehead atoms. The number of amides is 1. The highest BCUT2D eigenvalue weighted by Gasteiger charge is 2.17. The molecule has 0 radical (unpaired) electrons. The Hall–Kier alpha value is -1.98. The Labute approximate surface area is 86.4 Å². The van der Waals surface area contributed by atoms with Crippen molar-refractivity contribution in [3.8, 4) is 0 Å². The molecule has 0 saturated heterocycles. The van der Waals surface area contributed by atoms with Crippen molar-refractivity contribution in [3.63, 3.8) is 0 Å². The Balaban J connectivity index is 2.81. The van der Waals surface area contributed by atoms with Crippen LogP contribution < -0.4 is 5.32 Å². The van der Waals surface area contributed by atoms with Crippen molar-refractivity contribution in [2.45, 2.75) is 19.4 Å². The van der Waals surface area contributed by atoms with Crippen molar-refractivity contribution in [3.05, 3.63) is 24.3 Å². The van der Waals surface area contributed by atoms with Crippen LogP contribution in [0.1, 0.15) is 25.1 Å². The minimum Gasteiger partial charge on any atom is -0.481 e. The third kappa shape index (κ3) is 3.72. The fraction of sp³-hybridized carbons (Fsp3) is 0.333. The molecule has 1 aromatic heterocycles. The maximum atomic E-state index is 10.9. The second-order valence-corrected chi connectivity index (χ2v) is 2.99. The molecule has 0 aliphatic heterocycles. The molecule has 2 N–H and O–H groups in total. The van der Waals surface area contributed by atoms with E-state index >= 15 is 0 Å². The smallest absolute Gasteiger partial charge is 0.305 e. The molecule has 0 aromatic carbocycles. The van der Waals surface area contributed by atoms with E-state index < -0.39 is 12.0 Å². The van der Waals surface area contributed by atoms with Crippen molar-refractivity contribution in [1.29, 1.82) is 0 Å². The summed E-state index contributed by atoms with van der Waals surface area (Å²) in [6.45, 7) is 1.33. The zero-order valence-corrected chi connectivity index (χ0v) is 8.17. The minimum absolute atomic E-state index is 0.198. The number of carbonyl (C=O) groups excluding carboxylic acids is 1. The van der Waals surface area contributed by atoms with Crippen molar-refractivity contribution >= 4 is 11.9 Å². The molecule has 0 aliphatic rings. The van der Waals surface area contributed by atoms with Gasteiger partial charge in [-0.15, -0.1) is 0 Å². The summed E-state index contributed by atoms with van der Waals surface area (Å²) in [6.07, 6.45) is 2.61. The summed E-state index contributed by atoms with van der Waals surface area (Å²) in [5, 5.41) is 11.2. The van der Waals surface area contributed by atoms with Gasteiger partial charge in [0, 0.05) is 13.1 Å². The quantitative estimate of drug-likeness (QED) is 0.735. The number of nitrogens with one attached hydrogen (secondary N) is 1. The number of aromatic nitrogens is 2. The lowest BCUT2D eigenvalue weighted by Crippen LogP contribution is -2.28. The van der Waals surface area contributed by atoms with E-state index in [2.05, 4.69) is 15.3 Å². The Morgan fingerprint density at radius 1 is 1.60 bits per heavy atom. The summed E-state index contributed by atoms with van der Waals surface area (Å²) in [6, 6.07) is 0.965. The molecule has 80 valence electrons. The Kier molecular flexibility index (Phi) is 3.73. The Morgan fingerprint density at radius 2 is 2.33 bits per heavy atom. The van der Waals surface area contributed by atoms with Gasteiger partial charge >= 0.3 is 5.97 Å². The van der Waals surface area contributed by atoms with E-state index in [-0.39, 0.29) is 12.3 Å². The summed E-state index contributed by atoms with van der Waals surface area (Å²) >= 11 is 0. The molecular weight excluding hydrogens is 198 g/mol. The van der Waals surface area contributed by atoms with Gasteiger partial charge < -0.3 is 10.4 Å². The summed E-state index contributed by atoms with van der Waals surface area (Å²) in [7, 11) is 0. The van der Waals surface area contributed by atoms with Gasteiger partial charge in [-0.05, 0) is 6.07 Å². The van der Waals surface area contributed by atoms with E-state index in [1.807, 2.05) is 0 Å². The lowest BCUT2D eigenvalue weighted by Gasteiger charge is -2.14. The first kappa shape index (κ1) is 11.1. The van der Waals surface area contributed by atoms with Gasteiger partial charge in [-0.2, -0.15) is 0 Å². The molecule has 0 fully saturated rings. The van der Waals surface area contributed by atoms with Crippen LogP contribution in [0.3, 0.4) is 0 Å². The molecule has 1 heterocycles. The molecule has 1 atom stereocenters. The van der Waals surface area contributed by atoms with Gasteiger partial charge in [0.05, 0.1) is 18.2 Å². The molecule has 6 nitrogen and oxygen atoms in total. The van der Waals surface area contributed by atoms with Gasteiger partial charge in [0.15, 0.2) is 0 Å². The van der Waals surface area contributed by atoms with Crippen molar-refractivity contribution < 1.29 is 14.7 Å². The average Bonchev–Trinajstić information content (AvgIpc) is 2.17. The number of hydrogen-bond acceptors (Lipinski definition) is 4. The van der Waals surface area contributed by atoms with Gasteiger partial charge in [0.25, 0.3) is 0 Å². The highest BCUT2D eigenvalue weighted by molar-refractivity contribution is 5.75. The standard InChI is InChI=1S/C9H11N3O3/c1-6(13)12-8(4-9(14)15)7-2-3-10-5-11-7/h2-3,5,8H,4H2,1H3,(H,12,13)(H,14,15). The number of carboxylic acid groups (broad SMARTS) is 1. The molecule has 0 saturated carbocycles. The van der Waals surface area contributed by atoms with Crippen LogP contribution in [0.5, 0.6) is 0 Å². The lowest BCUT2D eigenvalue weighted by molar-refractivity contribution is -0.137. The number of hydrogen-bond donors (Lipinski definition) is 2. The zero-order valence-electron chi connectivity index (χ0n) is 8.17. The Morgan fingerprint density at radius 3 is 2.80 bits per heavy atom. The monoisotopic (exact) mass is 209 g/mol.